The SMILES string of the molecule is COc1cccc(-n2nnnc2SCC(=O)Nc2nc3ccc(OC)cc3s2)c1. The number of aromatic nitrogens is 5. The van der Waals surface area contributed by atoms with Gasteiger partial charge in [0.1, 0.15) is 11.5 Å². The maximum Gasteiger partial charge on any atom is 0.236 e. The number of thioether (sulfide) groups is 1. The van der Waals surface area contributed by atoms with Crippen molar-refractivity contribution in [1.82, 2.24) is 25.2 Å². The van der Waals surface area contributed by atoms with E-state index in [0.29, 0.717) is 16.0 Å². The third-order valence-electron chi connectivity index (χ3n) is 3.91. The summed E-state index contributed by atoms with van der Waals surface area (Å²) in [4.78, 5) is 16.8. The van der Waals surface area contributed by atoms with Crippen LogP contribution in [-0.4, -0.2) is 51.1 Å². The Balaban J connectivity index is 1.42. The molecule has 0 bridgehead atoms. The number of ether oxygens (including phenoxy) is 2. The molecule has 0 aliphatic carbocycles. The van der Waals surface area contributed by atoms with Gasteiger partial charge in [0.25, 0.3) is 0 Å². The third-order valence-corrected chi connectivity index (χ3v) is 5.77. The second kappa shape index (κ2) is 8.45. The Kier molecular flexibility index (Phi) is 5.58. The topological polar surface area (TPSA) is 104 Å². The van der Waals surface area contributed by atoms with Crippen LogP contribution in [0.1, 0.15) is 0 Å². The molecule has 9 nitrogen and oxygen atoms in total. The van der Waals surface area contributed by atoms with E-state index >= 15 is 0 Å². The quantitative estimate of drug-likeness (QED) is 0.448. The molecule has 0 saturated heterocycles. The van der Waals surface area contributed by atoms with Crippen molar-refractivity contribution in [2.75, 3.05) is 25.3 Å². The molecule has 0 fully saturated rings. The summed E-state index contributed by atoms with van der Waals surface area (Å²) in [5.41, 5.74) is 1.55. The zero-order valence-corrected chi connectivity index (χ0v) is 17.2. The van der Waals surface area contributed by atoms with Gasteiger partial charge in [-0.1, -0.05) is 29.2 Å². The number of anilines is 1. The van der Waals surface area contributed by atoms with Gasteiger partial charge < -0.3 is 14.8 Å². The summed E-state index contributed by atoms with van der Waals surface area (Å²) < 4.78 is 12.9. The number of carbonyl (C=O) groups excluding carboxylic acids is 1. The maximum atomic E-state index is 12.4. The second-order valence-electron chi connectivity index (χ2n) is 5.76. The number of nitrogens with one attached hydrogen (secondary N) is 1. The lowest BCUT2D eigenvalue weighted by atomic mass is 10.3. The zero-order valence-electron chi connectivity index (χ0n) is 15.5. The fourth-order valence-corrected chi connectivity index (χ4v) is 4.15. The van der Waals surface area contributed by atoms with Crippen LogP contribution in [0.25, 0.3) is 15.9 Å². The fraction of sp³-hybridized carbons (Fsp3) is 0.167. The van der Waals surface area contributed by atoms with Crippen molar-refractivity contribution < 1.29 is 14.3 Å². The van der Waals surface area contributed by atoms with E-state index in [1.807, 2.05) is 42.5 Å². The Morgan fingerprint density at radius 2 is 2.00 bits per heavy atom. The minimum Gasteiger partial charge on any atom is -0.497 e. The van der Waals surface area contributed by atoms with Gasteiger partial charge in [-0.2, -0.15) is 4.68 Å². The van der Waals surface area contributed by atoms with Crippen LogP contribution in [0.5, 0.6) is 11.5 Å². The first-order valence-electron chi connectivity index (χ1n) is 8.46. The molecular formula is C18H16N6O3S2. The van der Waals surface area contributed by atoms with Crippen LogP contribution in [0.15, 0.2) is 47.6 Å². The van der Waals surface area contributed by atoms with E-state index in [0.717, 1.165) is 21.7 Å². The van der Waals surface area contributed by atoms with Crippen LogP contribution in [0.3, 0.4) is 0 Å². The van der Waals surface area contributed by atoms with Crippen molar-refractivity contribution in [3.8, 4) is 17.2 Å². The van der Waals surface area contributed by atoms with Gasteiger partial charge in [-0.05, 0) is 40.8 Å². The molecule has 4 rings (SSSR count). The molecular weight excluding hydrogens is 412 g/mol. The molecule has 2 heterocycles. The number of amides is 1. The monoisotopic (exact) mass is 428 g/mol. The highest BCUT2D eigenvalue weighted by atomic mass is 32.2. The van der Waals surface area contributed by atoms with Crippen molar-refractivity contribution >= 4 is 44.4 Å². The second-order valence-corrected chi connectivity index (χ2v) is 7.74. The largest absolute Gasteiger partial charge is 0.497 e. The molecule has 11 heteroatoms. The van der Waals surface area contributed by atoms with Crippen LogP contribution in [0.2, 0.25) is 0 Å². The van der Waals surface area contributed by atoms with Crippen LogP contribution < -0.4 is 14.8 Å². The number of tetrazole rings is 1. The van der Waals surface area contributed by atoms with E-state index in [1.54, 1.807) is 18.9 Å². The fourth-order valence-electron chi connectivity index (χ4n) is 2.54. The van der Waals surface area contributed by atoms with Crippen molar-refractivity contribution in [3.63, 3.8) is 0 Å². The smallest absolute Gasteiger partial charge is 0.236 e. The minimum absolute atomic E-state index is 0.142. The Bertz CT molecular complexity index is 1160. The number of hydrogen-bond donors (Lipinski definition) is 1. The molecule has 148 valence electrons. The van der Waals surface area contributed by atoms with Gasteiger partial charge in [0.15, 0.2) is 5.13 Å². The molecule has 1 N–H and O–H groups in total. The van der Waals surface area contributed by atoms with E-state index in [-0.39, 0.29) is 11.7 Å². The van der Waals surface area contributed by atoms with Crippen molar-refractivity contribution in [2.45, 2.75) is 5.16 Å². The number of rotatable bonds is 7. The molecule has 29 heavy (non-hydrogen) atoms. The van der Waals surface area contributed by atoms with E-state index in [4.69, 9.17) is 9.47 Å². The van der Waals surface area contributed by atoms with Gasteiger partial charge in [-0.3, -0.25) is 4.79 Å². The number of thiazole rings is 1. The Labute approximate surface area is 174 Å². The summed E-state index contributed by atoms with van der Waals surface area (Å²) >= 11 is 2.62. The lowest BCUT2D eigenvalue weighted by molar-refractivity contribution is -0.113. The van der Waals surface area contributed by atoms with Gasteiger partial charge >= 0.3 is 0 Å². The average molecular weight is 428 g/mol. The molecule has 0 unspecified atom stereocenters. The molecule has 2 aromatic carbocycles. The molecule has 0 atom stereocenters. The average Bonchev–Trinajstić information content (AvgIpc) is 3.37. The van der Waals surface area contributed by atoms with Crippen molar-refractivity contribution in [1.29, 1.82) is 0 Å². The highest BCUT2D eigenvalue weighted by Gasteiger charge is 2.14. The summed E-state index contributed by atoms with van der Waals surface area (Å²) in [5.74, 6) is 1.39. The molecule has 0 spiro atoms. The van der Waals surface area contributed by atoms with Crippen molar-refractivity contribution in [3.05, 3.63) is 42.5 Å². The number of methoxy groups -OCH3 is 2. The van der Waals surface area contributed by atoms with Gasteiger partial charge in [0.2, 0.25) is 11.1 Å². The highest BCUT2D eigenvalue weighted by Crippen LogP contribution is 2.29. The van der Waals surface area contributed by atoms with E-state index in [2.05, 4.69) is 25.8 Å². The first-order valence-corrected chi connectivity index (χ1v) is 10.3. The van der Waals surface area contributed by atoms with Gasteiger partial charge in [-0.25, -0.2) is 4.98 Å². The molecule has 0 saturated carbocycles. The first kappa shape index (κ1) is 19.2. The number of hydrogen-bond acceptors (Lipinski definition) is 9. The Morgan fingerprint density at radius 1 is 1.17 bits per heavy atom. The maximum absolute atomic E-state index is 12.4. The van der Waals surface area contributed by atoms with Gasteiger partial charge in [0.05, 0.1) is 35.9 Å². The first-order chi connectivity index (χ1) is 14.2. The summed E-state index contributed by atoms with van der Waals surface area (Å²) in [7, 11) is 3.21. The van der Waals surface area contributed by atoms with Crippen LogP contribution in [0.4, 0.5) is 5.13 Å². The third kappa shape index (κ3) is 4.30. The van der Waals surface area contributed by atoms with E-state index < -0.39 is 0 Å². The van der Waals surface area contributed by atoms with Gasteiger partial charge in [-0.15, -0.1) is 5.10 Å². The molecule has 2 aromatic heterocycles. The summed E-state index contributed by atoms with van der Waals surface area (Å²) in [6.45, 7) is 0. The summed E-state index contributed by atoms with van der Waals surface area (Å²) in [6.07, 6.45) is 0. The van der Waals surface area contributed by atoms with Crippen LogP contribution >= 0.6 is 23.1 Å². The normalized spacial score (nSPS) is 10.8. The summed E-state index contributed by atoms with van der Waals surface area (Å²) in [5, 5.41) is 15.6. The van der Waals surface area contributed by atoms with Gasteiger partial charge in [0, 0.05) is 6.07 Å². The highest BCUT2D eigenvalue weighted by molar-refractivity contribution is 7.99. The van der Waals surface area contributed by atoms with Crippen molar-refractivity contribution in [2.24, 2.45) is 0 Å². The zero-order chi connectivity index (χ0) is 20.2. The molecule has 0 aliphatic rings. The molecule has 0 radical (unpaired) electrons. The Hall–Kier alpha value is -3.18. The predicted octanol–water partition coefficient (Wildman–Crippen LogP) is 3.02. The molecule has 0 aliphatic heterocycles. The van der Waals surface area contributed by atoms with E-state index in [1.165, 1.54) is 23.1 Å². The lowest BCUT2D eigenvalue weighted by Gasteiger charge is -2.06. The molecule has 4 aromatic rings. The van der Waals surface area contributed by atoms with Crippen LogP contribution in [-0.2, 0) is 4.79 Å². The lowest BCUT2D eigenvalue weighted by Crippen LogP contribution is -2.14. The summed E-state index contributed by atoms with van der Waals surface area (Å²) in [6, 6.07) is 12.9. The minimum atomic E-state index is -0.193. The van der Waals surface area contributed by atoms with Crippen LogP contribution in [0, 0.1) is 0 Å². The number of carbonyl (C=O) groups is 1. The standard InChI is InChI=1S/C18H16N6O3S2/c1-26-12-5-3-4-11(8-12)24-18(21-22-23-24)28-10-16(25)20-17-19-14-7-6-13(27-2)9-15(14)29-17/h3-9H,10H2,1-2H3,(H,19,20,25). The number of fused-ring (bicyclic) bond motifs is 1. The molecule has 1 amide bonds. The number of benzene rings is 2. The van der Waals surface area contributed by atoms with E-state index in [9.17, 15) is 4.79 Å². The number of nitrogens with zero attached hydrogens (tertiary/aromatic N) is 5. The predicted molar refractivity (Wildman–Crippen MR) is 111 cm³/mol. The Morgan fingerprint density at radius 3 is 2.83 bits per heavy atom.